The van der Waals surface area contributed by atoms with Crippen LogP contribution in [-0.4, -0.2) is 37.2 Å². The fourth-order valence-electron chi connectivity index (χ4n) is 1.31. The number of carbonyl (C=O) groups is 1. The normalized spacial score (nSPS) is 11.8. The molecule has 1 unspecified atom stereocenters. The summed E-state index contributed by atoms with van der Waals surface area (Å²) in [6.07, 6.45) is -0.140. The first-order valence-corrected chi connectivity index (χ1v) is 6.32. The highest BCUT2D eigenvalue weighted by atomic mass is 35.5. The van der Waals surface area contributed by atoms with E-state index < -0.39 is 0 Å². The van der Waals surface area contributed by atoms with Gasteiger partial charge in [-0.05, 0) is 26.0 Å². The van der Waals surface area contributed by atoms with Crippen LogP contribution in [0.1, 0.15) is 13.8 Å². The highest BCUT2D eigenvalue weighted by Crippen LogP contribution is 2.23. The van der Waals surface area contributed by atoms with Crippen LogP contribution in [0.5, 0.6) is 5.75 Å². The third kappa shape index (κ3) is 4.45. The van der Waals surface area contributed by atoms with Gasteiger partial charge in [-0.2, -0.15) is 0 Å². The number of benzene rings is 1. The van der Waals surface area contributed by atoms with Gasteiger partial charge in [0.15, 0.2) is 0 Å². The monoisotopic (exact) mass is 270 g/mol. The lowest BCUT2D eigenvalue weighted by molar-refractivity contribution is 0.191. The van der Waals surface area contributed by atoms with E-state index in [2.05, 4.69) is 5.32 Å². The first-order valence-electron chi connectivity index (χ1n) is 5.94. The van der Waals surface area contributed by atoms with Gasteiger partial charge in [0.2, 0.25) is 0 Å². The molecule has 2 amide bonds. The molecule has 18 heavy (non-hydrogen) atoms. The van der Waals surface area contributed by atoms with Gasteiger partial charge in [0.1, 0.15) is 11.9 Å². The number of hydrogen-bond acceptors (Lipinski definition) is 2. The molecule has 4 nitrogen and oxygen atoms in total. The molecule has 0 fully saturated rings. The number of ether oxygens (including phenoxy) is 1. The minimum absolute atomic E-state index is 0.105. The van der Waals surface area contributed by atoms with Gasteiger partial charge in [0.05, 0.1) is 11.6 Å². The summed E-state index contributed by atoms with van der Waals surface area (Å²) in [6.45, 7) is 4.92. The van der Waals surface area contributed by atoms with Crippen LogP contribution < -0.4 is 10.1 Å². The van der Waals surface area contributed by atoms with Crippen molar-refractivity contribution in [3.8, 4) is 5.75 Å². The van der Waals surface area contributed by atoms with Crippen molar-refractivity contribution in [2.45, 2.75) is 20.0 Å². The van der Waals surface area contributed by atoms with E-state index in [0.29, 0.717) is 23.9 Å². The third-order valence-corrected chi connectivity index (χ3v) is 2.84. The maximum absolute atomic E-state index is 11.5. The molecule has 0 aliphatic rings. The molecular formula is C13H19ClN2O2. The van der Waals surface area contributed by atoms with Crippen molar-refractivity contribution >= 4 is 17.6 Å². The number of carbonyl (C=O) groups excluding carboxylic acids is 1. The fourth-order valence-corrected chi connectivity index (χ4v) is 1.49. The van der Waals surface area contributed by atoms with Gasteiger partial charge in [-0.15, -0.1) is 0 Å². The zero-order chi connectivity index (χ0) is 13.5. The molecule has 1 N–H and O–H groups in total. The summed E-state index contributed by atoms with van der Waals surface area (Å²) < 4.78 is 5.64. The second-order valence-corrected chi connectivity index (χ2v) is 4.47. The molecule has 1 rings (SSSR count). The summed E-state index contributed by atoms with van der Waals surface area (Å²) in [5, 5.41) is 3.36. The first-order chi connectivity index (χ1) is 8.54. The lowest BCUT2D eigenvalue weighted by atomic mass is 10.3. The van der Waals surface area contributed by atoms with Gasteiger partial charge in [-0.25, -0.2) is 4.79 Å². The first kappa shape index (κ1) is 14.6. The van der Waals surface area contributed by atoms with Crippen LogP contribution >= 0.6 is 11.6 Å². The molecule has 0 bridgehead atoms. The lowest BCUT2D eigenvalue weighted by Crippen LogP contribution is -2.41. The molecule has 1 aromatic carbocycles. The van der Waals surface area contributed by atoms with Crippen molar-refractivity contribution in [2.75, 3.05) is 20.1 Å². The SMILES string of the molecule is CCN(C)C(=O)NCC(C)Oc1ccccc1Cl. The molecule has 0 aliphatic heterocycles. The summed E-state index contributed by atoms with van der Waals surface area (Å²) >= 11 is 5.98. The van der Waals surface area contributed by atoms with E-state index in [4.69, 9.17) is 16.3 Å². The Balaban J connectivity index is 2.41. The Morgan fingerprint density at radius 1 is 1.50 bits per heavy atom. The largest absolute Gasteiger partial charge is 0.487 e. The number of hydrogen-bond donors (Lipinski definition) is 1. The topological polar surface area (TPSA) is 41.6 Å². The highest BCUT2D eigenvalue weighted by Gasteiger charge is 2.10. The smallest absolute Gasteiger partial charge is 0.317 e. The molecule has 1 atom stereocenters. The van der Waals surface area contributed by atoms with Gasteiger partial charge in [0, 0.05) is 13.6 Å². The van der Waals surface area contributed by atoms with E-state index in [1.54, 1.807) is 24.1 Å². The summed E-state index contributed by atoms with van der Waals surface area (Å²) in [7, 11) is 1.74. The zero-order valence-corrected chi connectivity index (χ0v) is 11.7. The van der Waals surface area contributed by atoms with Gasteiger partial charge in [-0.1, -0.05) is 23.7 Å². The molecule has 0 heterocycles. The van der Waals surface area contributed by atoms with E-state index >= 15 is 0 Å². The van der Waals surface area contributed by atoms with E-state index in [0.717, 1.165) is 0 Å². The lowest BCUT2D eigenvalue weighted by Gasteiger charge is -2.19. The van der Waals surface area contributed by atoms with Crippen molar-refractivity contribution in [1.82, 2.24) is 10.2 Å². The van der Waals surface area contributed by atoms with Gasteiger partial charge < -0.3 is 15.0 Å². The number of halogens is 1. The van der Waals surface area contributed by atoms with Gasteiger partial charge in [0.25, 0.3) is 0 Å². The van der Waals surface area contributed by atoms with E-state index in [9.17, 15) is 4.79 Å². The molecule has 0 aromatic heterocycles. The Hall–Kier alpha value is -1.42. The van der Waals surface area contributed by atoms with Gasteiger partial charge in [-0.3, -0.25) is 0 Å². The Morgan fingerprint density at radius 2 is 2.17 bits per heavy atom. The second kappa shape index (κ2) is 7.11. The maximum Gasteiger partial charge on any atom is 0.317 e. The Morgan fingerprint density at radius 3 is 2.78 bits per heavy atom. The molecule has 5 heteroatoms. The van der Waals surface area contributed by atoms with Crippen LogP contribution in [0.4, 0.5) is 4.79 Å². The number of rotatable bonds is 5. The van der Waals surface area contributed by atoms with Crippen LogP contribution in [0.2, 0.25) is 5.02 Å². The predicted octanol–water partition coefficient (Wildman–Crippen LogP) is 2.77. The van der Waals surface area contributed by atoms with Crippen molar-refractivity contribution in [3.63, 3.8) is 0 Å². The maximum atomic E-state index is 11.5. The molecule has 0 spiro atoms. The number of amides is 2. The minimum atomic E-state index is -0.140. The predicted molar refractivity (Wildman–Crippen MR) is 73.2 cm³/mol. The van der Waals surface area contributed by atoms with Crippen molar-refractivity contribution < 1.29 is 9.53 Å². The number of urea groups is 1. The quantitative estimate of drug-likeness (QED) is 0.894. The standard InChI is InChI=1S/C13H19ClN2O2/c1-4-16(3)13(17)15-9-10(2)18-12-8-6-5-7-11(12)14/h5-8,10H,4,9H2,1-3H3,(H,15,17). The average Bonchev–Trinajstić information content (AvgIpc) is 2.37. The van der Waals surface area contributed by atoms with Crippen LogP contribution in [-0.2, 0) is 0 Å². The molecule has 0 aliphatic carbocycles. The third-order valence-electron chi connectivity index (χ3n) is 2.53. The van der Waals surface area contributed by atoms with Crippen molar-refractivity contribution in [2.24, 2.45) is 0 Å². The van der Waals surface area contributed by atoms with E-state index in [1.165, 1.54) is 0 Å². The fraction of sp³-hybridized carbons (Fsp3) is 0.462. The Bertz CT molecular complexity index is 398. The molecule has 1 aromatic rings. The molecule has 100 valence electrons. The second-order valence-electron chi connectivity index (χ2n) is 4.06. The Kier molecular flexibility index (Phi) is 5.78. The molecule has 0 saturated heterocycles. The molecule has 0 saturated carbocycles. The van der Waals surface area contributed by atoms with Crippen LogP contribution in [0.3, 0.4) is 0 Å². The number of nitrogens with zero attached hydrogens (tertiary/aromatic N) is 1. The van der Waals surface area contributed by atoms with Crippen LogP contribution in [0, 0.1) is 0 Å². The van der Waals surface area contributed by atoms with Crippen LogP contribution in [0.15, 0.2) is 24.3 Å². The number of nitrogens with one attached hydrogen (secondary N) is 1. The van der Waals surface area contributed by atoms with Crippen molar-refractivity contribution in [1.29, 1.82) is 0 Å². The zero-order valence-electron chi connectivity index (χ0n) is 10.9. The average molecular weight is 271 g/mol. The minimum Gasteiger partial charge on any atom is -0.487 e. The Labute approximate surface area is 113 Å². The van der Waals surface area contributed by atoms with Gasteiger partial charge >= 0.3 is 6.03 Å². The summed E-state index contributed by atoms with van der Waals surface area (Å²) in [4.78, 5) is 13.1. The van der Waals surface area contributed by atoms with E-state index in [-0.39, 0.29) is 12.1 Å². The highest BCUT2D eigenvalue weighted by molar-refractivity contribution is 6.32. The van der Waals surface area contributed by atoms with Crippen LogP contribution in [0.25, 0.3) is 0 Å². The van der Waals surface area contributed by atoms with Crippen molar-refractivity contribution in [3.05, 3.63) is 29.3 Å². The molecular weight excluding hydrogens is 252 g/mol. The summed E-state index contributed by atoms with van der Waals surface area (Å²) in [6, 6.07) is 7.17. The summed E-state index contributed by atoms with van der Waals surface area (Å²) in [5.74, 6) is 0.629. The summed E-state index contributed by atoms with van der Waals surface area (Å²) in [5.41, 5.74) is 0. The van der Waals surface area contributed by atoms with E-state index in [1.807, 2.05) is 26.0 Å². The number of para-hydroxylation sites is 1. The molecule has 0 radical (unpaired) electrons.